The number of allylic oxidation sites excluding steroid dienone is 1. The molecule has 0 unspecified atom stereocenters. The van der Waals surface area contributed by atoms with Crippen molar-refractivity contribution in [3.05, 3.63) is 80.1 Å². The number of non-ortho nitro benzene ring substituents is 1. The van der Waals surface area contributed by atoms with E-state index < -0.39 is 10.8 Å². The molecule has 2 aromatic carbocycles. The Hall–Kier alpha value is -4.18. The van der Waals surface area contributed by atoms with Crippen LogP contribution in [0.15, 0.2) is 58.8 Å². The van der Waals surface area contributed by atoms with Gasteiger partial charge in [0.25, 0.3) is 11.6 Å². The zero-order valence-corrected chi connectivity index (χ0v) is 18.3. The quantitative estimate of drug-likeness (QED) is 0.380. The molecule has 0 saturated heterocycles. The Bertz CT molecular complexity index is 1270. The molecule has 0 bridgehead atoms. The van der Waals surface area contributed by atoms with Crippen molar-refractivity contribution in [1.82, 2.24) is 5.06 Å². The number of amidine groups is 2. The van der Waals surface area contributed by atoms with Crippen LogP contribution in [-0.4, -0.2) is 34.7 Å². The Morgan fingerprint density at radius 1 is 1.30 bits per heavy atom. The molecular formula is C22H17ClN4O6. The summed E-state index contributed by atoms with van der Waals surface area (Å²) in [6.45, 7) is 1.80. The Morgan fingerprint density at radius 3 is 2.70 bits per heavy atom. The Kier molecular flexibility index (Phi) is 5.84. The van der Waals surface area contributed by atoms with Gasteiger partial charge in [-0.15, -0.1) is 5.06 Å². The van der Waals surface area contributed by atoms with Crippen LogP contribution in [0.1, 0.15) is 18.1 Å². The van der Waals surface area contributed by atoms with E-state index in [0.717, 1.165) is 0 Å². The van der Waals surface area contributed by atoms with Gasteiger partial charge >= 0.3 is 0 Å². The van der Waals surface area contributed by atoms with Crippen LogP contribution in [0.2, 0.25) is 5.02 Å². The zero-order valence-electron chi connectivity index (χ0n) is 17.5. The minimum atomic E-state index is -0.575. The van der Waals surface area contributed by atoms with Crippen LogP contribution in [-0.2, 0) is 16.2 Å². The molecule has 1 amide bonds. The van der Waals surface area contributed by atoms with Gasteiger partial charge in [-0.3, -0.25) is 20.3 Å². The van der Waals surface area contributed by atoms with Crippen LogP contribution in [0.4, 0.5) is 5.69 Å². The third kappa shape index (κ3) is 4.41. The molecule has 2 aliphatic heterocycles. The normalized spacial score (nSPS) is 16.2. The molecule has 168 valence electrons. The Labute approximate surface area is 192 Å². The summed E-state index contributed by atoms with van der Waals surface area (Å²) in [6, 6.07) is 9.12. The fourth-order valence-electron chi connectivity index (χ4n) is 3.20. The molecule has 0 spiro atoms. The second-order valence-electron chi connectivity index (χ2n) is 7.07. The highest BCUT2D eigenvalue weighted by atomic mass is 35.5. The summed E-state index contributed by atoms with van der Waals surface area (Å²) in [6.07, 6.45) is 3.04. The number of halogens is 1. The molecular weight excluding hydrogens is 452 g/mol. The van der Waals surface area contributed by atoms with Gasteiger partial charge in [-0.25, -0.2) is 0 Å². The highest BCUT2D eigenvalue weighted by molar-refractivity contribution is 6.33. The first-order chi connectivity index (χ1) is 15.8. The molecule has 0 radical (unpaired) electrons. The minimum Gasteiger partial charge on any atom is -0.493 e. The van der Waals surface area contributed by atoms with E-state index in [1.165, 1.54) is 30.4 Å². The summed E-state index contributed by atoms with van der Waals surface area (Å²) in [4.78, 5) is 32.1. The average molecular weight is 469 g/mol. The maximum absolute atomic E-state index is 12.5. The van der Waals surface area contributed by atoms with Gasteiger partial charge < -0.3 is 14.3 Å². The number of amides is 1. The third-order valence-corrected chi connectivity index (χ3v) is 5.05. The van der Waals surface area contributed by atoms with Crippen LogP contribution in [0.3, 0.4) is 0 Å². The standard InChI is InChI=1S/C22H17ClN4O6/c1-12-7-19-25-22(28)16(21(24)26(19)33-12)8-14-9-17(23)20(18(10-14)31-2)32-11-13-3-5-15(6-4-13)27(29)30/h3-10,24H,11H2,1-2H3/b16-8-,24-21?. The molecule has 33 heavy (non-hydrogen) atoms. The van der Waals surface area contributed by atoms with E-state index in [1.807, 2.05) is 0 Å². The largest absolute Gasteiger partial charge is 0.493 e. The van der Waals surface area contributed by atoms with E-state index >= 15 is 0 Å². The van der Waals surface area contributed by atoms with Gasteiger partial charge in [0.1, 0.15) is 12.4 Å². The summed E-state index contributed by atoms with van der Waals surface area (Å²) in [5, 5.41) is 20.5. The second-order valence-corrected chi connectivity index (χ2v) is 7.48. The van der Waals surface area contributed by atoms with Crippen LogP contribution >= 0.6 is 11.6 Å². The van der Waals surface area contributed by atoms with Crippen LogP contribution < -0.4 is 9.47 Å². The lowest BCUT2D eigenvalue weighted by molar-refractivity contribution is -0.384. The zero-order chi connectivity index (χ0) is 23.7. The number of fused-ring (bicyclic) bond motifs is 1. The molecule has 0 aliphatic carbocycles. The molecule has 0 atom stereocenters. The van der Waals surface area contributed by atoms with Crippen molar-refractivity contribution in [2.45, 2.75) is 13.5 Å². The van der Waals surface area contributed by atoms with Gasteiger partial charge in [-0.2, -0.15) is 4.99 Å². The number of nitro groups is 1. The predicted octanol–water partition coefficient (Wildman–Crippen LogP) is 4.29. The van der Waals surface area contributed by atoms with Gasteiger partial charge in [-0.1, -0.05) is 11.6 Å². The van der Waals surface area contributed by atoms with E-state index in [4.69, 9.17) is 31.3 Å². The van der Waals surface area contributed by atoms with E-state index in [2.05, 4.69) is 4.99 Å². The predicted molar refractivity (Wildman–Crippen MR) is 120 cm³/mol. The topological polar surface area (TPSA) is 127 Å². The summed E-state index contributed by atoms with van der Waals surface area (Å²) in [5.41, 5.74) is 1.21. The maximum atomic E-state index is 12.5. The first-order valence-corrected chi connectivity index (χ1v) is 9.98. The number of methoxy groups -OCH3 is 1. The Balaban J connectivity index is 1.57. The van der Waals surface area contributed by atoms with Crippen molar-refractivity contribution in [2.24, 2.45) is 4.99 Å². The maximum Gasteiger partial charge on any atom is 0.282 e. The lowest BCUT2D eigenvalue weighted by atomic mass is 10.1. The number of rotatable bonds is 6. The van der Waals surface area contributed by atoms with Gasteiger partial charge in [0.2, 0.25) is 0 Å². The molecule has 4 rings (SSSR count). The molecule has 0 fully saturated rings. The summed E-state index contributed by atoms with van der Waals surface area (Å²) < 4.78 is 11.2. The smallest absolute Gasteiger partial charge is 0.282 e. The lowest BCUT2D eigenvalue weighted by Gasteiger charge is -2.23. The van der Waals surface area contributed by atoms with Crippen molar-refractivity contribution in [3.8, 4) is 11.5 Å². The van der Waals surface area contributed by atoms with E-state index in [0.29, 0.717) is 22.6 Å². The lowest BCUT2D eigenvalue weighted by Crippen LogP contribution is -2.38. The number of hydrogen-bond acceptors (Lipinski definition) is 7. The SMILES string of the molecule is COc1cc(/C=C2/C(=N)N3OC(C)=CC3=NC2=O)cc(Cl)c1OCc1ccc([N+](=O)[O-])cc1. The second kappa shape index (κ2) is 8.75. The monoisotopic (exact) mass is 468 g/mol. The van der Waals surface area contributed by atoms with Crippen molar-refractivity contribution in [3.63, 3.8) is 0 Å². The Morgan fingerprint density at radius 2 is 2.03 bits per heavy atom. The number of aliphatic imine (C=N–C) groups is 1. The summed E-state index contributed by atoms with van der Waals surface area (Å²) in [5.74, 6) is 0.635. The number of hydroxylamine groups is 2. The third-order valence-electron chi connectivity index (χ3n) is 4.77. The highest BCUT2D eigenvalue weighted by Gasteiger charge is 2.34. The van der Waals surface area contributed by atoms with Gasteiger partial charge in [-0.05, 0) is 48.4 Å². The molecule has 2 aliphatic rings. The first kappa shape index (κ1) is 22.0. The van der Waals surface area contributed by atoms with Crippen LogP contribution in [0.5, 0.6) is 11.5 Å². The number of nitrogens with one attached hydrogen (secondary N) is 1. The highest BCUT2D eigenvalue weighted by Crippen LogP contribution is 2.38. The van der Waals surface area contributed by atoms with Crippen molar-refractivity contribution in [1.29, 1.82) is 5.41 Å². The number of hydrogen-bond donors (Lipinski definition) is 1. The average Bonchev–Trinajstić information content (AvgIpc) is 3.16. The number of nitrogens with zero attached hydrogens (tertiary/aromatic N) is 3. The van der Waals surface area contributed by atoms with Crippen molar-refractivity contribution >= 4 is 40.9 Å². The molecule has 0 saturated carbocycles. The number of carbonyl (C=O) groups is 1. The van der Waals surface area contributed by atoms with Gasteiger partial charge in [0.15, 0.2) is 23.2 Å². The van der Waals surface area contributed by atoms with E-state index in [1.54, 1.807) is 37.3 Å². The number of carbonyl (C=O) groups excluding carboxylic acids is 1. The molecule has 0 aromatic heterocycles. The fraction of sp³-hybridized carbons (Fsp3) is 0.136. The number of nitro benzene ring substituents is 1. The summed E-state index contributed by atoms with van der Waals surface area (Å²) in [7, 11) is 1.44. The molecule has 2 aromatic rings. The van der Waals surface area contributed by atoms with E-state index in [9.17, 15) is 14.9 Å². The van der Waals surface area contributed by atoms with Gasteiger partial charge in [0.05, 0.1) is 22.6 Å². The summed E-state index contributed by atoms with van der Waals surface area (Å²) >= 11 is 6.41. The molecule has 11 heteroatoms. The van der Waals surface area contributed by atoms with Crippen LogP contribution in [0, 0.1) is 15.5 Å². The van der Waals surface area contributed by atoms with Gasteiger partial charge in [0, 0.05) is 18.2 Å². The molecule has 2 heterocycles. The van der Waals surface area contributed by atoms with Crippen molar-refractivity contribution < 1.29 is 24.0 Å². The number of ether oxygens (including phenoxy) is 2. The molecule has 1 N–H and O–H groups in total. The number of benzene rings is 2. The molecule has 10 nitrogen and oxygen atoms in total. The van der Waals surface area contributed by atoms with Crippen LogP contribution in [0.25, 0.3) is 6.08 Å². The first-order valence-electron chi connectivity index (χ1n) is 9.60. The van der Waals surface area contributed by atoms with E-state index in [-0.39, 0.29) is 40.3 Å². The fourth-order valence-corrected chi connectivity index (χ4v) is 3.47. The minimum absolute atomic E-state index is 0.0173. The van der Waals surface area contributed by atoms with Crippen molar-refractivity contribution in [2.75, 3.05) is 7.11 Å².